The van der Waals surface area contributed by atoms with Crippen LogP contribution < -0.4 is 0 Å². The highest BCUT2D eigenvalue weighted by molar-refractivity contribution is 6.33. The van der Waals surface area contributed by atoms with Gasteiger partial charge in [0.05, 0.1) is 17.2 Å². The Kier molecular flexibility index (Phi) is 6.84. The molecule has 0 unspecified atom stereocenters. The van der Waals surface area contributed by atoms with Crippen molar-refractivity contribution in [3.05, 3.63) is 34.9 Å². The van der Waals surface area contributed by atoms with Gasteiger partial charge >= 0.3 is 0 Å². The minimum absolute atomic E-state index is 0.0592. The lowest BCUT2D eigenvalue weighted by Gasteiger charge is -2.23. The lowest BCUT2D eigenvalue weighted by Crippen LogP contribution is -2.33. The van der Waals surface area contributed by atoms with E-state index in [1.165, 1.54) is 0 Å². The van der Waals surface area contributed by atoms with E-state index in [4.69, 9.17) is 16.3 Å². The van der Waals surface area contributed by atoms with Crippen LogP contribution in [0.15, 0.2) is 24.3 Å². The standard InChI is InChI=1S/C17H25ClN2O3/c1-19(7-8-23-2)9-13-10-20(11-14(13)12-21)17(22)15-5-3-4-6-16(15)18/h3-6,13-14,21H,7-12H2,1-2H3/t13-,14-/m1/s1. The van der Waals surface area contributed by atoms with Crippen LogP contribution in [0.25, 0.3) is 0 Å². The zero-order valence-corrected chi connectivity index (χ0v) is 14.5. The average molecular weight is 341 g/mol. The Balaban J connectivity index is 2.00. The molecule has 1 aliphatic rings. The number of amides is 1. The number of carbonyl (C=O) groups excluding carboxylic acids is 1. The van der Waals surface area contributed by atoms with Crippen LogP contribution in [0.2, 0.25) is 5.02 Å². The van der Waals surface area contributed by atoms with Crippen LogP contribution in [0.1, 0.15) is 10.4 Å². The Morgan fingerprint density at radius 3 is 2.74 bits per heavy atom. The summed E-state index contributed by atoms with van der Waals surface area (Å²) in [6.45, 7) is 3.66. The Hall–Kier alpha value is -1.14. The summed E-state index contributed by atoms with van der Waals surface area (Å²) in [4.78, 5) is 16.6. The number of aliphatic hydroxyl groups excluding tert-OH is 1. The summed E-state index contributed by atoms with van der Waals surface area (Å²) < 4.78 is 5.09. The number of likely N-dealkylation sites (tertiary alicyclic amines) is 1. The first-order valence-corrected chi connectivity index (χ1v) is 8.26. The summed E-state index contributed by atoms with van der Waals surface area (Å²) in [6, 6.07) is 7.10. The highest BCUT2D eigenvalue weighted by atomic mass is 35.5. The van der Waals surface area contributed by atoms with E-state index in [-0.39, 0.29) is 24.3 Å². The third-order valence-corrected chi connectivity index (χ3v) is 4.76. The number of rotatable bonds is 7. The van der Waals surface area contributed by atoms with Crippen molar-refractivity contribution in [2.75, 3.05) is 53.6 Å². The van der Waals surface area contributed by atoms with Gasteiger partial charge in [-0.3, -0.25) is 4.79 Å². The van der Waals surface area contributed by atoms with Crippen molar-refractivity contribution in [2.24, 2.45) is 11.8 Å². The molecule has 1 saturated heterocycles. The molecule has 23 heavy (non-hydrogen) atoms. The molecule has 1 heterocycles. The summed E-state index contributed by atoms with van der Waals surface area (Å²) in [5.74, 6) is 0.302. The number of halogens is 1. The largest absolute Gasteiger partial charge is 0.396 e. The van der Waals surface area contributed by atoms with Crippen LogP contribution in [0, 0.1) is 11.8 Å². The van der Waals surface area contributed by atoms with Crippen LogP contribution in [0.3, 0.4) is 0 Å². The van der Waals surface area contributed by atoms with Crippen molar-refractivity contribution in [2.45, 2.75) is 0 Å². The minimum atomic E-state index is -0.0592. The van der Waals surface area contributed by atoms with Gasteiger partial charge in [-0.2, -0.15) is 0 Å². The van der Waals surface area contributed by atoms with Crippen molar-refractivity contribution in [3.8, 4) is 0 Å². The number of hydrogen-bond donors (Lipinski definition) is 1. The van der Waals surface area contributed by atoms with Crippen molar-refractivity contribution < 1.29 is 14.6 Å². The molecule has 1 aliphatic heterocycles. The average Bonchev–Trinajstić information content (AvgIpc) is 2.95. The number of likely N-dealkylation sites (N-methyl/N-ethyl adjacent to an activating group) is 1. The topological polar surface area (TPSA) is 53.0 Å². The molecule has 6 heteroatoms. The fourth-order valence-electron chi connectivity index (χ4n) is 3.06. The maximum atomic E-state index is 12.7. The molecule has 128 valence electrons. The van der Waals surface area contributed by atoms with E-state index in [1.54, 1.807) is 24.1 Å². The van der Waals surface area contributed by atoms with E-state index in [2.05, 4.69) is 4.90 Å². The monoisotopic (exact) mass is 340 g/mol. The SMILES string of the molecule is COCCN(C)C[C@@H]1CN(C(=O)c2ccccc2Cl)C[C@@H]1CO. The molecule has 0 saturated carbocycles. The first kappa shape index (κ1) is 18.2. The summed E-state index contributed by atoms with van der Waals surface area (Å²) in [5, 5.41) is 10.1. The second kappa shape index (κ2) is 8.64. The van der Waals surface area contributed by atoms with Gasteiger partial charge in [0, 0.05) is 45.8 Å². The number of hydrogen-bond acceptors (Lipinski definition) is 4. The third kappa shape index (κ3) is 4.67. The number of methoxy groups -OCH3 is 1. The quantitative estimate of drug-likeness (QED) is 0.819. The van der Waals surface area contributed by atoms with Gasteiger partial charge in [0.1, 0.15) is 0 Å². The molecule has 1 aromatic carbocycles. The summed E-state index contributed by atoms with van der Waals surface area (Å²) in [5.41, 5.74) is 0.527. The molecule has 1 aromatic rings. The zero-order valence-electron chi connectivity index (χ0n) is 13.7. The van der Waals surface area contributed by atoms with Gasteiger partial charge < -0.3 is 19.6 Å². The molecule has 0 bridgehead atoms. The number of carbonyl (C=O) groups is 1. The van der Waals surface area contributed by atoms with Gasteiger partial charge in [-0.15, -0.1) is 0 Å². The van der Waals surface area contributed by atoms with Crippen molar-refractivity contribution in [1.82, 2.24) is 9.80 Å². The summed E-state index contributed by atoms with van der Waals surface area (Å²) in [6.07, 6.45) is 0. The van der Waals surface area contributed by atoms with Crippen LogP contribution in [-0.2, 0) is 4.74 Å². The Labute approximate surface area is 142 Å². The van der Waals surface area contributed by atoms with Gasteiger partial charge in [-0.05, 0) is 25.1 Å². The molecular weight excluding hydrogens is 316 g/mol. The Morgan fingerprint density at radius 1 is 1.39 bits per heavy atom. The summed E-state index contributed by atoms with van der Waals surface area (Å²) in [7, 11) is 3.72. The van der Waals surface area contributed by atoms with Crippen molar-refractivity contribution >= 4 is 17.5 Å². The molecule has 0 spiro atoms. The van der Waals surface area contributed by atoms with Crippen LogP contribution in [0.4, 0.5) is 0 Å². The molecule has 5 nitrogen and oxygen atoms in total. The molecule has 0 aromatic heterocycles. The molecule has 1 amide bonds. The van der Waals surface area contributed by atoms with E-state index in [1.807, 2.05) is 19.2 Å². The normalized spacial score (nSPS) is 21.2. The molecule has 1 N–H and O–H groups in total. The predicted octanol–water partition coefficient (Wildman–Crippen LogP) is 1.60. The number of aliphatic hydroxyl groups is 1. The first-order chi connectivity index (χ1) is 11.1. The number of nitrogens with zero attached hydrogens (tertiary/aromatic N) is 2. The molecule has 1 fully saturated rings. The summed E-state index contributed by atoms with van der Waals surface area (Å²) >= 11 is 6.13. The van der Waals surface area contributed by atoms with Gasteiger partial charge in [-0.25, -0.2) is 0 Å². The molecule has 0 radical (unpaired) electrons. The second-order valence-corrected chi connectivity index (χ2v) is 6.55. The van der Waals surface area contributed by atoms with E-state index >= 15 is 0 Å². The molecule has 2 atom stereocenters. The maximum absolute atomic E-state index is 12.7. The van der Waals surface area contributed by atoms with Gasteiger partial charge in [0.25, 0.3) is 5.91 Å². The fraction of sp³-hybridized carbons (Fsp3) is 0.588. The van der Waals surface area contributed by atoms with Crippen molar-refractivity contribution in [3.63, 3.8) is 0 Å². The smallest absolute Gasteiger partial charge is 0.255 e. The van der Waals surface area contributed by atoms with Gasteiger partial charge in [-0.1, -0.05) is 23.7 Å². The Bertz CT molecular complexity index is 526. The number of benzene rings is 1. The molecular formula is C17H25ClN2O3. The van der Waals surface area contributed by atoms with Crippen LogP contribution in [-0.4, -0.2) is 74.4 Å². The highest BCUT2D eigenvalue weighted by Gasteiger charge is 2.35. The van der Waals surface area contributed by atoms with Gasteiger partial charge in [0.2, 0.25) is 0 Å². The van der Waals surface area contributed by atoms with E-state index in [9.17, 15) is 9.90 Å². The van der Waals surface area contributed by atoms with Crippen molar-refractivity contribution in [1.29, 1.82) is 0 Å². The fourth-order valence-corrected chi connectivity index (χ4v) is 3.28. The van der Waals surface area contributed by atoms with Gasteiger partial charge in [0.15, 0.2) is 0 Å². The molecule has 2 rings (SSSR count). The Morgan fingerprint density at radius 2 is 2.09 bits per heavy atom. The van der Waals surface area contributed by atoms with E-state index < -0.39 is 0 Å². The zero-order chi connectivity index (χ0) is 16.8. The lowest BCUT2D eigenvalue weighted by atomic mass is 9.96. The lowest BCUT2D eigenvalue weighted by molar-refractivity contribution is 0.0779. The second-order valence-electron chi connectivity index (χ2n) is 6.15. The van der Waals surface area contributed by atoms with E-state index in [0.717, 1.165) is 13.1 Å². The van der Waals surface area contributed by atoms with E-state index in [0.29, 0.717) is 30.3 Å². The van der Waals surface area contributed by atoms with Crippen LogP contribution >= 0.6 is 11.6 Å². The maximum Gasteiger partial charge on any atom is 0.255 e. The predicted molar refractivity (Wildman–Crippen MR) is 90.8 cm³/mol. The molecule has 0 aliphatic carbocycles. The minimum Gasteiger partial charge on any atom is -0.396 e. The number of ether oxygens (including phenoxy) is 1. The van der Waals surface area contributed by atoms with Crippen LogP contribution in [0.5, 0.6) is 0 Å². The third-order valence-electron chi connectivity index (χ3n) is 4.43. The highest BCUT2D eigenvalue weighted by Crippen LogP contribution is 2.27. The first-order valence-electron chi connectivity index (χ1n) is 7.89.